The predicted octanol–water partition coefficient (Wildman–Crippen LogP) is 13.6. The molecule has 10 aromatic rings. The molecule has 0 amide bonds. The summed E-state index contributed by atoms with van der Waals surface area (Å²) in [6.07, 6.45) is 7.61. The Bertz CT molecular complexity index is 4870. The van der Waals surface area contributed by atoms with Gasteiger partial charge < -0.3 is 38.4 Å². The fourth-order valence-corrected chi connectivity index (χ4v) is 12.8. The normalized spacial score (nSPS) is 18.3. The Kier molecular flexibility index (Phi) is 8.82. The first-order valence-electron chi connectivity index (χ1n) is 31.8. The molecule has 1 aromatic heterocycles. The largest absolute Gasteiger partial charge is 0.509 e. The minimum Gasteiger partial charge on any atom is -0.509 e. The van der Waals surface area contributed by atoms with Gasteiger partial charge in [-0.25, -0.2) is 4.98 Å². The molecule has 7 aliphatic rings. The first-order valence-corrected chi connectivity index (χ1v) is 26.8. The van der Waals surface area contributed by atoms with Crippen LogP contribution in [0, 0.1) is 18.8 Å². The summed E-state index contributed by atoms with van der Waals surface area (Å²) >= 11 is 0. The monoisotopic (exact) mass is 1250 g/mol. The molecule has 9 nitrogen and oxygen atoms in total. The molecule has 2 atom stereocenters. The number of hydrogen-bond donors (Lipinski definition) is 0. The van der Waals surface area contributed by atoms with Crippen LogP contribution in [0.5, 0.6) is 46.0 Å². The van der Waals surface area contributed by atoms with Crippen molar-refractivity contribution in [2.75, 3.05) is 14.7 Å². The molecule has 2 unspecified atom stereocenters. The van der Waals surface area contributed by atoms with E-state index in [0.29, 0.717) is 62.8 Å². The quantitative estimate of drug-likeness (QED) is 0.115. The molecule has 12 heteroatoms. The van der Waals surface area contributed by atoms with E-state index in [9.17, 15) is 5.48 Å². The van der Waals surface area contributed by atoms with Crippen LogP contribution in [0.2, 0.25) is 5.82 Å². The number of pyridine rings is 1. The van der Waals surface area contributed by atoms with Crippen molar-refractivity contribution in [1.82, 2.24) is 4.98 Å². The summed E-state index contributed by atoms with van der Waals surface area (Å²) in [5.74, 6) is 5.41. The van der Waals surface area contributed by atoms with Gasteiger partial charge in [0.1, 0.15) is 40.7 Å². The predicted molar refractivity (Wildman–Crippen MR) is 323 cm³/mol. The number of allylic oxidation sites excluding steroid dienone is 2. The van der Waals surface area contributed by atoms with Crippen molar-refractivity contribution in [2.45, 2.75) is 38.1 Å². The van der Waals surface area contributed by atoms with Gasteiger partial charge in [0, 0.05) is 90.0 Å². The SMILES string of the molecule is [2H]c1c([2H])c([2H])c(-c2cccc(-c3c([2H])c([2H])c([2H])c([2H])c3[2H])c2N2[CH-]N(c3[c-]c(Oc4[c-]c5c6c(c4)OC4=CC=CC7Oc8cccc(c8B6C47)N5c4cc(C(C)(C)C)ccn4)c4c(c3)Oc3cccc5c3B4c3ccccc3O5)c3ccccc32)c([2H])c1[2H].[Pt]. The molecule has 396 valence electrons. The van der Waals surface area contributed by atoms with Crippen LogP contribution in [0.3, 0.4) is 0 Å². The van der Waals surface area contributed by atoms with Crippen LogP contribution >= 0.6 is 0 Å². The molecule has 0 bridgehead atoms. The summed E-state index contributed by atoms with van der Waals surface area (Å²) < 4.78 is 125. The van der Waals surface area contributed by atoms with Crippen LogP contribution < -0.4 is 65.7 Å². The van der Waals surface area contributed by atoms with Crippen LogP contribution in [0.15, 0.2) is 218 Å². The molecule has 9 aromatic carbocycles. The number of anilines is 7. The van der Waals surface area contributed by atoms with Crippen LogP contribution in [-0.4, -0.2) is 24.5 Å². The Morgan fingerprint density at radius 3 is 2.06 bits per heavy atom. The molecule has 0 fully saturated rings. The van der Waals surface area contributed by atoms with Crippen molar-refractivity contribution in [3.05, 3.63) is 242 Å². The minimum absolute atomic E-state index is 0. The third-order valence-corrected chi connectivity index (χ3v) is 16.3. The number of para-hydroxylation sites is 4. The third-order valence-electron chi connectivity index (χ3n) is 16.3. The van der Waals surface area contributed by atoms with Crippen molar-refractivity contribution < 1.29 is 58.5 Å². The van der Waals surface area contributed by atoms with Crippen molar-refractivity contribution in [2.24, 2.45) is 0 Å². The van der Waals surface area contributed by atoms with E-state index >= 15 is 0 Å². The molecule has 6 aliphatic heterocycles. The van der Waals surface area contributed by atoms with Gasteiger partial charge in [0.05, 0.1) is 13.7 Å². The molecule has 0 spiro atoms. The number of hydrogen-bond acceptors (Lipinski definition) is 9. The average molecular weight is 1250 g/mol. The summed E-state index contributed by atoms with van der Waals surface area (Å²) in [5.41, 5.74) is 8.29. The smallest absolute Gasteiger partial charge is 0.198 e. The fraction of sp³-hybridized carbons (Fsp3) is 0.0857. The van der Waals surface area contributed by atoms with Crippen molar-refractivity contribution >= 4 is 80.7 Å². The second-order valence-electron chi connectivity index (χ2n) is 21.8. The number of fused-ring (bicyclic) bond motifs is 5. The van der Waals surface area contributed by atoms with Gasteiger partial charge >= 0.3 is 0 Å². The molecule has 0 saturated carbocycles. The Morgan fingerprint density at radius 1 is 0.634 bits per heavy atom. The maximum atomic E-state index is 9.29. The molecule has 0 N–H and O–H groups in total. The summed E-state index contributed by atoms with van der Waals surface area (Å²) in [4.78, 5) is 10.8. The van der Waals surface area contributed by atoms with Gasteiger partial charge in [-0.3, -0.25) is 0 Å². The summed E-state index contributed by atoms with van der Waals surface area (Å²) in [5, 5.41) is 0. The second kappa shape index (κ2) is 18.4. The maximum Gasteiger partial charge on any atom is 0.198 e. The van der Waals surface area contributed by atoms with E-state index in [-0.39, 0.29) is 84.6 Å². The van der Waals surface area contributed by atoms with E-state index in [1.165, 1.54) is 0 Å². The van der Waals surface area contributed by atoms with Gasteiger partial charge in [0.2, 0.25) is 0 Å². The zero-order valence-electron chi connectivity index (χ0n) is 54.0. The van der Waals surface area contributed by atoms with Crippen molar-refractivity contribution in [3.63, 3.8) is 0 Å². The second-order valence-corrected chi connectivity index (χ2v) is 21.8. The molecule has 0 saturated heterocycles. The third kappa shape index (κ3) is 7.35. The fourth-order valence-electron chi connectivity index (χ4n) is 12.8. The molecule has 1 aliphatic carbocycles. The van der Waals surface area contributed by atoms with Crippen LogP contribution in [-0.2, 0) is 26.5 Å². The van der Waals surface area contributed by atoms with E-state index in [4.69, 9.17) is 36.9 Å². The first-order chi connectivity index (χ1) is 43.9. The van der Waals surface area contributed by atoms with Gasteiger partial charge in [-0.1, -0.05) is 171 Å². The Morgan fingerprint density at radius 2 is 1.29 bits per heavy atom. The number of ether oxygens (including phenoxy) is 5. The molecule has 82 heavy (non-hydrogen) atoms. The number of nitrogens with zero attached hydrogens (tertiary/aromatic N) is 4. The van der Waals surface area contributed by atoms with Crippen LogP contribution in [0.1, 0.15) is 40.0 Å². The topological polar surface area (TPSA) is 68.8 Å². The van der Waals surface area contributed by atoms with E-state index < -0.39 is 67.1 Å². The molecule has 7 heterocycles. The molecular weight excluding hydrogens is 1190 g/mol. The zero-order chi connectivity index (χ0) is 62.4. The average Bonchev–Trinajstić information content (AvgIpc) is 0.799. The maximum absolute atomic E-state index is 9.29. The Labute approximate surface area is 505 Å². The van der Waals surface area contributed by atoms with E-state index in [1.807, 2.05) is 120 Å². The van der Waals surface area contributed by atoms with Gasteiger partial charge in [-0.2, -0.15) is 0 Å². The van der Waals surface area contributed by atoms with Crippen LogP contribution in [0.25, 0.3) is 22.3 Å². The van der Waals surface area contributed by atoms with Crippen molar-refractivity contribution in [3.8, 4) is 68.2 Å². The molecular formula is C70H47B2N4O5Pt-3. The molecule has 0 radical (unpaired) electrons. The zero-order valence-corrected chi connectivity index (χ0v) is 46.2. The van der Waals surface area contributed by atoms with Crippen molar-refractivity contribution in [1.29, 1.82) is 0 Å². The standard InChI is InChI=1S/C70H47B2N4O5.Pt/c1-70(2,3)44-34-35-73-63(36-44)76-52-27-15-29-55-64(52)72-65-53(76)39-46(40-62(65)81-59-33-17-32-58(79-55)67(59)72)77-60-37-45(38-61-68(60)71-49-24-10-13-28-54(49)78-56-30-16-31-57(80-61)66(56)71)74-41-75(51-26-12-11-25-50(51)74)69-47(42-18-6-4-7-19-42)22-14-23-48(69)43-20-8-5-9-21-43;/h4-36,38,40-41,58,67H,1-3H3;/q-3;/i4D,5D,6D,7D,8D,9D,18D,19D,20D,21D;. The van der Waals surface area contributed by atoms with E-state index in [1.54, 1.807) is 29.8 Å². The Balaban J connectivity index is 0.00000673. The first kappa shape index (κ1) is 39.3. The number of benzene rings is 9. The number of aromatic nitrogens is 1. The minimum atomic E-state index is -0.591. The number of rotatable bonds is 7. The summed E-state index contributed by atoms with van der Waals surface area (Å²) in [7, 11) is 0. The van der Waals surface area contributed by atoms with E-state index in [2.05, 4.69) is 56.0 Å². The molecule has 17 rings (SSSR count). The van der Waals surface area contributed by atoms with Gasteiger partial charge in [-0.05, 0) is 105 Å². The van der Waals surface area contributed by atoms with Gasteiger partial charge in [0.25, 0.3) is 0 Å². The van der Waals surface area contributed by atoms with E-state index in [0.717, 1.165) is 44.6 Å². The summed E-state index contributed by atoms with van der Waals surface area (Å²) in [6.45, 7) is 7.57. The van der Waals surface area contributed by atoms with Crippen LogP contribution in [0.4, 0.5) is 39.9 Å². The van der Waals surface area contributed by atoms with Gasteiger partial charge in [-0.15, -0.1) is 30.3 Å². The Hall–Kier alpha value is -9.17. The van der Waals surface area contributed by atoms with Gasteiger partial charge in [0.15, 0.2) is 13.4 Å². The summed E-state index contributed by atoms with van der Waals surface area (Å²) in [6, 6.07) is 41.9.